The van der Waals surface area contributed by atoms with Crippen molar-refractivity contribution >= 4 is 40.9 Å². The van der Waals surface area contributed by atoms with Gasteiger partial charge < -0.3 is 16.0 Å². The van der Waals surface area contributed by atoms with Crippen molar-refractivity contribution in [2.75, 3.05) is 22.9 Å². The predicted octanol–water partition coefficient (Wildman–Crippen LogP) is 4.49. The monoisotopic (exact) mass is 465 g/mol. The van der Waals surface area contributed by atoms with Gasteiger partial charge in [-0.1, -0.05) is 37.3 Å². The van der Waals surface area contributed by atoms with Gasteiger partial charge in [0.15, 0.2) is 0 Å². The predicted molar refractivity (Wildman–Crippen MR) is 129 cm³/mol. The number of halogens is 1. The van der Waals surface area contributed by atoms with Crippen LogP contribution >= 0.6 is 11.8 Å². The van der Waals surface area contributed by atoms with Crippen molar-refractivity contribution in [2.24, 2.45) is 0 Å². The van der Waals surface area contributed by atoms with Gasteiger partial charge in [0.2, 0.25) is 11.8 Å². The molecule has 0 radical (unpaired) electrons. The number of carbonyl (C=O) groups is 3. The van der Waals surface area contributed by atoms with E-state index in [2.05, 4.69) is 16.0 Å². The molecular weight excluding hydrogens is 441 g/mol. The molecule has 0 fully saturated rings. The highest BCUT2D eigenvalue weighted by Gasteiger charge is 2.14. The topological polar surface area (TPSA) is 87.3 Å². The van der Waals surface area contributed by atoms with Gasteiger partial charge in [-0.3, -0.25) is 14.4 Å². The van der Waals surface area contributed by atoms with Crippen molar-refractivity contribution in [3.05, 3.63) is 89.7 Å². The van der Waals surface area contributed by atoms with Gasteiger partial charge in [0.1, 0.15) is 5.82 Å². The Kier molecular flexibility index (Phi) is 8.60. The zero-order chi connectivity index (χ0) is 23.6. The molecule has 8 heteroatoms. The van der Waals surface area contributed by atoms with E-state index in [1.807, 2.05) is 31.2 Å². The third kappa shape index (κ3) is 7.18. The molecule has 0 saturated carbocycles. The van der Waals surface area contributed by atoms with Gasteiger partial charge in [-0.2, -0.15) is 0 Å². The molecule has 0 aliphatic carbocycles. The molecule has 0 aliphatic rings. The van der Waals surface area contributed by atoms with Crippen molar-refractivity contribution in [3.8, 4) is 0 Å². The molecule has 170 valence electrons. The Hall–Kier alpha value is -3.65. The van der Waals surface area contributed by atoms with E-state index in [4.69, 9.17) is 0 Å². The zero-order valence-electron chi connectivity index (χ0n) is 18.1. The standard InChI is InChI=1S/C25H24FN3O3S/c1-2-17-7-3-5-9-21(17)29-23(30)15-27-25(32)20-8-4-6-10-22(20)33-16-24(31)28-19-13-11-18(26)12-14-19/h3-14H,2,15-16H2,1H3,(H,27,32)(H,28,31)(H,29,30). The summed E-state index contributed by atoms with van der Waals surface area (Å²) < 4.78 is 13.0. The number of anilines is 2. The number of aryl methyl sites for hydroxylation is 1. The third-order valence-corrected chi connectivity index (χ3v) is 5.77. The average molecular weight is 466 g/mol. The van der Waals surface area contributed by atoms with E-state index in [1.165, 1.54) is 36.0 Å². The number of hydrogen-bond donors (Lipinski definition) is 3. The van der Waals surface area contributed by atoms with Crippen molar-refractivity contribution in [2.45, 2.75) is 18.2 Å². The Morgan fingerprint density at radius 2 is 1.55 bits per heavy atom. The summed E-state index contributed by atoms with van der Waals surface area (Å²) in [7, 11) is 0. The molecule has 33 heavy (non-hydrogen) atoms. The second kappa shape index (κ2) is 11.8. The smallest absolute Gasteiger partial charge is 0.252 e. The fourth-order valence-corrected chi connectivity index (χ4v) is 3.90. The van der Waals surface area contributed by atoms with E-state index in [1.54, 1.807) is 24.3 Å². The first-order valence-corrected chi connectivity index (χ1v) is 11.4. The molecule has 0 saturated heterocycles. The molecule has 3 aromatic carbocycles. The number of hydrogen-bond acceptors (Lipinski definition) is 4. The fraction of sp³-hybridized carbons (Fsp3) is 0.160. The van der Waals surface area contributed by atoms with Crippen LogP contribution < -0.4 is 16.0 Å². The molecule has 0 unspecified atom stereocenters. The SMILES string of the molecule is CCc1ccccc1NC(=O)CNC(=O)c1ccccc1SCC(=O)Nc1ccc(F)cc1. The summed E-state index contributed by atoms with van der Waals surface area (Å²) in [6.07, 6.45) is 0.780. The first-order chi connectivity index (χ1) is 16.0. The minimum absolute atomic E-state index is 0.0654. The number of rotatable bonds is 9. The summed E-state index contributed by atoms with van der Waals surface area (Å²) in [5.41, 5.74) is 2.60. The largest absolute Gasteiger partial charge is 0.343 e. The zero-order valence-corrected chi connectivity index (χ0v) is 18.9. The highest BCUT2D eigenvalue weighted by molar-refractivity contribution is 8.00. The highest BCUT2D eigenvalue weighted by atomic mass is 32.2. The molecule has 3 N–H and O–H groups in total. The fourth-order valence-electron chi connectivity index (χ4n) is 3.05. The van der Waals surface area contributed by atoms with Crippen molar-refractivity contribution in [1.82, 2.24) is 5.32 Å². The number of thioether (sulfide) groups is 1. The van der Waals surface area contributed by atoms with Crippen LogP contribution in [0.2, 0.25) is 0 Å². The van der Waals surface area contributed by atoms with Crippen molar-refractivity contribution < 1.29 is 18.8 Å². The summed E-state index contributed by atoms with van der Waals surface area (Å²) >= 11 is 1.20. The second-order valence-electron chi connectivity index (χ2n) is 7.08. The lowest BCUT2D eigenvalue weighted by molar-refractivity contribution is -0.115. The highest BCUT2D eigenvalue weighted by Crippen LogP contribution is 2.23. The maximum atomic E-state index is 13.0. The van der Waals surface area contributed by atoms with Gasteiger partial charge in [0, 0.05) is 16.3 Å². The first-order valence-electron chi connectivity index (χ1n) is 10.4. The van der Waals surface area contributed by atoms with E-state index in [-0.39, 0.29) is 29.9 Å². The lowest BCUT2D eigenvalue weighted by atomic mass is 10.1. The molecule has 3 rings (SSSR count). The average Bonchev–Trinajstić information content (AvgIpc) is 2.83. The van der Waals surface area contributed by atoms with Crippen molar-refractivity contribution in [3.63, 3.8) is 0 Å². The maximum Gasteiger partial charge on any atom is 0.252 e. The quantitative estimate of drug-likeness (QED) is 0.407. The van der Waals surface area contributed by atoms with E-state index >= 15 is 0 Å². The summed E-state index contributed by atoms with van der Waals surface area (Å²) in [4.78, 5) is 37.8. The van der Waals surface area contributed by atoms with E-state index in [0.29, 0.717) is 16.1 Å². The second-order valence-corrected chi connectivity index (χ2v) is 8.10. The molecule has 0 spiro atoms. The number of carbonyl (C=O) groups excluding carboxylic acids is 3. The minimum atomic E-state index is -0.407. The number of amides is 3. The van der Waals surface area contributed by atoms with Crippen LogP contribution in [0.25, 0.3) is 0 Å². The van der Waals surface area contributed by atoms with Gasteiger partial charge in [0.05, 0.1) is 17.9 Å². The van der Waals surface area contributed by atoms with Crippen LogP contribution in [0.15, 0.2) is 77.7 Å². The normalized spacial score (nSPS) is 10.4. The lowest BCUT2D eigenvalue weighted by Crippen LogP contribution is -2.33. The molecule has 0 aromatic heterocycles. The van der Waals surface area contributed by atoms with Crippen LogP contribution in [0.1, 0.15) is 22.8 Å². The third-order valence-electron chi connectivity index (χ3n) is 4.70. The number of benzene rings is 3. The molecular formula is C25H24FN3O3S. The lowest BCUT2D eigenvalue weighted by Gasteiger charge is -2.12. The molecule has 0 atom stereocenters. The Balaban J connectivity index is 1.54. The maximum absolute atomic E-state index is 13.0. The molecule has 0 aliphatic heterocycles. The number of nitrogens with one attached hydrogen (secondary N) is 3. The van der Waals surface area contributed by atoms with E-state index in [9.17, 15) is 18.8 Å². The summed E-state index contributed by atoms with van der Waals surface area (Å²) in [6, 6.07) is 19.8. The van der Waals surface area contributed by atoms with Gasteiger partial charge in [-0.15, -0.1) is 11.8 Å². The Labute approximate surface area is 196 Å². The van der Waals surface area contributed by atoms with E-state index in [0.717, 1.165) is 17.7 Å². The Morgan fingerprint density at radius 3 is 2.30 bits per heavy atom. The van der Waals surface area contributed by atoms with Gasteiger partial charge in [-0.05, 0) is 54.4 Å². The summed E-state index contributed by atoms with van der Waals surface area (Å²) in [5.74, 6) is -1.33. The van der Waals surface area contributed by atoms with Crippen LogP contribution in [-0.4, -0.2) is 30.0 Å². The first kappa shape index (κ1) is 24.0. The van der Waals surface area contributed by atoms with Crippen LogP contribution in [-0.2, 0) is 16.0 Å². The molecule has 0 heterocycles. The molecule has 3 aromatic rings. The Morgan fingerprint density at radius 1 is 0.848 bits per heavy atom. The van der Waals surface area contributed by atoms with Crippen LogP contribution in [0.3, 0.4) is 0 Å². The van der Waals surface area contributed by atoms with Crippen LogP contribution in [0.5, 0.6) is 0 Å². The van der Waals surface area contributed by atoms with Gasteiger partial charge >= 0.3 is 0 Å². The Bertz CT molecular complexity index is 1140. The van der Waals surface area contributed by atoms with Crippen LogP contribution in [0.4, 0.5) is 15.8 Å². The van der Waals surface area contributed by atoms with Crippen LogP contribution in [0, 0.1) is 5.82 Å². The molecule has 3 amide bonds. The number of para-hydroxylation sites is 1. The van der Waals surface area contributed by atoms with Gasteiger partial charge in [-0.25, -0.2) is 4.39 Å². The summed E-state index contributed by atoms with van der Waals surface area (Å²) in [5, 5.41) is 8.12. The minimum Gasteiger partial charge on any atom is -0.343 e. The van der Waals surface area contributed by atoms with Crippen molar-refractivity contribution in [1.29, 1.82) is 0 Å². The van der Waals surface area contributed by atoms with Gasteiger partial charge in [0.25, 0.3) is 5.91 Å². The summed E-state index contributed by atoms with van der Waals surface area (Å²) in [6.45, 7) is 1.82. The molecule has 6 nitrogen and oxygen atoms in total. The molecule has 0 bridgehead atoms. The van der Waals surface area contributed by atoms with E-state index < -0.39 is 5.91 Å².